The number of pyridine rings is 1. The Morgan fingerprint density at radius 1 is 1.06 bits per heavy atom. The van der Waals surface area contributed by atoms with E-state index in [4.69, 9.17) is 4.52 Å². The molecule has 0 bridgehead atoms. The number of para-hydroxylation sites is 1. The van der Waals surface area contributed by atoms with Crippen LogP contribution >= 0.6 is 0 Å². The lowest BCUT2D eigenvalue weighted by molar-refractivity contribution is -0.117. The Hall–Kier alpha value is -3.87. The predicted molar refractivity (Wildman–Crippen MR) is 114 cm³/mol. The molecule has 156 valence electrons. The van der Waals surface area contributed by atoms with E-state index in [1.54, 1.807) is 37.5 Å². The maximum atomic E-state index is 14.6. The van der Waals surface area contributed by atoms with Gasteiger partial charge in [0.25, 0.3) is 0 Å². The summed E-state index contributed by atoms with van der Waals surface area (Å²) in [4.78, 5) is 18.5. The molecule has 0 radical (unpaired) electrons. The van der Waals surface area contributed by atoms with Crippen LogP contribution in [0, 0.1) is 18.6 Å². The highest BCUT2D eigenvalue weighted by Gasteiger charge is 2.30. The van der Waals surface area contributed by atoms with Gasteiger partial charge >= 0.3 is 0 Å². The first-order valence-corrected chi connectivity index (χ1v) is 9.75. The van der Waals surface area contributed by atoms with Gasteiger partial charge in [-0.1, -0.05) is 30.3 Å². The van der Waals surface area contributed by atoms with Gasteiger partial charge in [0, 0.05) is 30.4 Å². The van der Waals surface area contributed by atoms with Gasteiger partial charge in [-0.25, -0.2) is 13.7 Å². The average Bonchev–Trinajstić information content (AvgIpc) is 3.20. The quantitative estimate of drug-likeness (QED) is 0.394. The van der Waals surface area contributed by atoms with E-state index in [-0.39, 0.29) is 29.5 Å². The molecular formula is C24H19F2N3O2. The highest BCUT2D eigenvalue weighted by molar-refractivity contribution is 6.04. The first kappa shape index (κ1) is 20.4. The summed E-state index contributed by atoms with van der Waals surface area (Å²) in [5.41, 5.74) is 2.77. The molecule has 0 aliphatic carbocycles. The van der Waals surface area contributed by atoms with Gasteiger partial charge in [0.2, 0.25) is 11.8 Å². The minimum Gasteiger partial charge on any atom is -0.336 e. The Kier molecular flexibility index (Phi) is 5.58. The maximum absolute atomic E-state index is 14.6. The van der Waals surface area contributed by atoms with Gasteiger partial charge in [-0.05, 0) is 48.4 Å². The molecule has 2 heterocycles. The monoisotopic (exact) mass is 419 g/mol. The molecule has 0 atom stereocenters. The SMILES string of the molecule is CCC(=O)N(c1ccccc1C)c1onc(-c2ccc(F)cc2F)c1-c1ccncc1. The minimum absolute atomic E-state index is 0.0666. The Balaban J connectivity index is 2.01. The number of amides is 1. The first-order chi connectivity index (χ1) is 15.0. The zero-order valence-electron chi connectivity index (χ0n) is 17.0. The van der Waals surface area contributed by atoms with Crippen LogP contribution in [0.3, 0.4) is 0 Å². The third-order valence-corrected chi connectivity index (χ3v) is 4.94. The molecule has 2 aromatic heterocycles. The van der Waals surface area contributed by atoms with E-state index in [9.17, 15) is 13.6 Å². The standard InChI is InChI=1S/C24H19F2N3O2/c1-3-21(30)29(20-7-5-4-6-15(20)2)24-22(16-10-12-27-13-11-16)23(28-31-24)18-9-8-17(25)14-19(18)26/h4-14H,3H2,1-2H3. The summed E-state index contributed by atoms with van der Waals surface area (Å²) < 4.78 is 33.8. The summed E-state index contributed by atoms with van der Waals surface area (Å²) >= 11 is 0. The maximum Gasteiger partial charge on any atom is 0.247 e. The van der Waals surface area contributed by atoms with Crippen LogP contribution in [0.4, 0.5) is 20.4 Å². The van der Waals surface area contributed by atoms with Crippen LogP contribution in [0.1, 0.15) is 18.9 Å². The van der Waals surface area contributed by atoms with Gasteiger partial charge in [-0.3, -0.25) is 9.78 Å². The Bertz CT molecular complexity index is 1240. The predicted octanol–water partition coefficient (Wildman–Crippen LogP) is 6.06. The number of aryl methyl sites for hydroxylation is 1. The number of halogens is 2. The molecule has 2 aromatic carbocycles. The smallest absolute Gasteiger partial charge is 0.247 e. The minimum atomic E-state index is -0.778. The second-order valence-corrected chi connectivity index (χ2v) is 6.94. The molecule has 0 fully saturated rings. The van der Waals surface area contributed by atoms with Crippen molar-refractivity contribution >= 4 is 17.5 Å². The number of rotatable bonds is 5. The highest BCUT2D eigenvalue weighted by Crippen LogP contribution is 2.43. The molecule has 7 heteroatoms. The molecule has 5 nitrogen and oxygen atoms in total. The molecule has 0 aliphatic heterocycles. The van der Waals surface area contributed by atoms with Crippen LogP contribution < -0.4 is 4.90 Å². The van der Waals surface area contributed by atoms with Gasteiger partial charge in [0.1, 0.15) is 17.3 Å². The van der Waals surface area contributed by atoms with Crippen molar-refractivity contribution in [1.82, 2.24) is 10.1 Å². The van der Waals surface area contributed by atoms with E-state index in [1.807, 2.05) is 25.1 Å². The molecule has 0 saturated carbocycles. The van der Waals surface area contributed by atoms with Gasteiger partial charge in [-0.15, -0.1) is 0 Å². The molecule has 4 rings (SSSR count). The fourth-order valence-electron chi connectivity index (χ4n) is 3.41. The molecular weight excluding hydrogens is 400 g/mol. The van der Waals surface area contributed by atoms with Crippen molar-refractivity contribution in [2.24, 2.45) is 0 Å². The lowest BCUT2D eigenvalue weighted by Gasteiger charge is -2.22. The molecule has 0 saturated heterocycles. The van der Waals surface area contributed by atoms with Gasteiger partial charge in [-0.2, -0.15) is 0 Å². The molecule has 31 heavy (non-hydrogen) atoms. The van der Waals surface area contributed by atoms with E-state index in [0.717, 1.165) is 17.7 Å². The molecule has 0 aliphatic rings. The van der Waals surface area contributed by atoms with Gasteiger partial charge < -0.3 is 4.52 Å². The normalized spacial score (nSPS) is 10.8. The second-order valence-electron chi connectivity index (χ2n) is 6.94. The molecule has 1 amide bonds. The molecule has 0 unspecified atom stereocenters. The van der Waals surface area contributed by atoms with Crippen molar-refractivity contribution in [3.63, 3.8) is 0 Å². The number of carbonyl (C=O) groups is 1. The summed E-state index contributed by atoms with van der Waals surface area (Å²) in [6.45, 7) is 3.63. The van der Waals surface area contributed by atoms with E-state index in [0.29, 0.717) is 16.8 Å². The van der Waals surface area contributed by atoms with Crippen molar-refractivity contribution < 1.29 is 18.1 Å². The summed E-state index contributed by atoms with van der Waals surface area (Å²) in [6, 6.07) is 14.1. The number of anilines is 2. The van der Waals surface area contributed by atoms with Crippen LogP contribution in [0.2, 0.25) is 0 Å². The highest BCUT2D eigenvalue weighted by atomic mass is 19.1. The van der Waals surface area contributed by atoms with Crippen molar-refractivity contribution in [2.45, 2.75) is 20.3 Å². The number of hydrogen-bond donors (Lipinski definition) is 0. The average molecular weight is 419 g/mol. The Morgan fingerprint density at radius 2 is 1.81 bits per heavy atom. The Labute approximate surface area is 177 Å². The van der Waals surface area contributed by atoms with Gasteiger partial charge in [0.05, 0.1) is 11.3 Å². The summed E-state index contributed by atoms with van der Waals surface area (Å²) in [7, 11) is 0. The lowest BCUT2D eigenvalue weighted by Crippen LogP contribution is -2.25. The van der Waals surface area contributed by atoms with Crippen LogP contribution in [-0.4, -0.2) is 16.0 Å². The number of benzene rings is 2. The number of nitrogens with zero attached hydrogens (tertiary/aromatic N) is 3. The van der Waals surface area contributed by atoms with Crippen molar-refractivity contribution in [2.75, 3.05) is 4.90 Å². The first-order valence-electron chi connectivity index (χ1n) is 9.75. The van der Waals surface area contributed by atoms with Crippen molar-refractivity contribution in [1.29, 1.82) is 0 Å². The van der Waals surface area contributed by atoms with Gasteiger partial charge in [0.15, 0.2) is 0 Å². The second kappa shape index (κ2) is 8.47. The zero-order valence-corrected chi connectivity index (χ0v) is 17.0. The van der Waals surface area contributed by atoms with Crippen LogP contribution in [-0.2, 0) is 4.79 Å². The largest absolute Gasteiger partial charge is 0.336 e. The van der Waals surface area contributed by atoms with Crippen LogP contribution in [0.5, 0.6) is 0 Å². The molecule has 0 spiro atoms. The van der Waals surface area contributed by atoms with E-state index < -0.39 is 11.6 Å². The number of aromatic nitrogens is 2. The van der Waals surface area contributed by atoms with E-state index >= 15 is 0 Å². The molecule has 0 N–H and O–H groups in total. The van der Waals surface area contributed by atoms with E-state index in [1.165, 1.54) is 11.0 Å². The molecule has 4 aromatic rings. The summed E-state index contributed by atoms with van der Waals surface area (Å²) in [6.07, 6.45) is 3.37. The Morgan fingerprint density at radius 3 is 2.48 bits per heavy atom. The van der Waals surface area contributed by atoms with E-state index in [2.05, 4.69) is 10.1 Å². The number of hydrogen-bond acceptors (Lipinski definition) is 4. The fourth-order valence-corrected chi connectivity index (χ4v) is 3.41. The van der Waals surface area contributed by atoms with Crippen LogP contribution in [0.15, 0.2) is 71.5 Å². The summed E-state index contributed by atoms with van der Waals surface area (Å²) in [5.74, 6) is -1.53. The number of carbonyl (C=O) groups excluding carboxylic acids is 1. The third kappa shape index (κ3) is 3.82. The van der Waals surface area contributed by atoms with Crippen molar-refractivity contribution in [3.8, 4) is 22.4 Å². The third-order valence-electron chi connectivity index (χ3n) is 4.94. The lowest BCUT2D eigenvalue weighted by atomic mass is 10.0. The fraction of sp³-hybridized carbons (Fsp3) is 0.125. The summed E-state index contributed by atoms with van der Waals surface area (Å²) in [5, 5.41) is 4.09. The zero-order chi connectivity index (χ0) is 22.0. The topological polar surface area (TPSA) is 59.2 Å². The van der Waals surface area contributed by atoms with Crippen molar-refractivity contribution in [3.05, 3.63) is 84.2 Å². The van der Waals surface area contributed by atoms with Crippen LogP contribution in [0.25, 0.3) is 22.4 Å².